The van der Waals surface area contributed by atoms with Crippen LogP contribution in [0.2, 0.25) is 5.02 Å². The van der Waals surface area contributed by atoms with Gasteiger partial charge in [0.1, 0.15) is 11.5 Å². The van der Waals surface area contributed by atoms with E-state index in [9.17, 15) is 4.79 Å². The predicted octanol–water partition coefficient (Wildman–Crippen LogP) is 2.26. The van der Waals surface area contributed by atoms with Gasteiger partial charge in [-0.25, -0.2) is 4.98 Å². The van der Waals surface area contributed by atoms with Crippen molar-refractivity contribution in [3.8, 4) is 11.5 Å². The molecule has 1 heterocycles. The van der Waals surface area contributed by atoms with Crippen molar-refractivity contribution in [2.24, 2.45) is 0 Å². The minimum Gasteiger partial charge on any atom is -0.495 e. The van der Waals surface area contributed by atoms with Crippen molar-refractivity contribution in [3.63, 3.8) is 0 Å². The van der Waals surface area contributed by atoms with Crippen LogP contribution in [-0.2, 0) is 11.2 Å². The molecule has 0 unspecified atom stereocenters. The van der Waals surface area contributed by atoms with E-state index in [2.05, 4.69) is 15.3 Å². The van der Waals surface area contributed by atoms with Gasteiger partial charge >= 0.3 is 0 Å². The Morgan fingerprint density at radius 2 is 2.10 bits per heavy atom. The van der Waals surface area contributed by atoms with Crippen molar-refractivity contribution in [1.29, 1.82) is 0 Å². The van der Waals surface area contributed by atoms with Gasteiger partial charge in [-0.3, -0.25) is 4.79 Å². The van der Waals surface area contributed by atoms with Crippen LogP contribution < -0.4 is 14.8 Å². The maximum atomic E-state index is 11.9. The van der Waals surface area contributed by atoms with Gasteiger partial charge in [0, 0.05) is 24.0 Å². The number of carbonyl (C=O) groups excluding carboxylic acids is 1. The van der Waals surface area contributed by atoms with E-state index in [1.165, 1.54) is 20.5 Å². The number of nitrogens with zero attached hydrogens (tertiary/aromatic N) is 1. The fourth-order valence-electron chi connectivity index (χ4n) is 1.71. The van der Waals surface area contributed by atoms with E-state index in [0.29, 0.717) is 22.2 Å². The molecular weight excluding hydrogens is 282 g/mol. The third kappa shape index (κ3) is 3.21. The van der Waals surface area contributed by atoms with Gasteiger partial charge in [-0.15, -0.1) is 0 Å². The number of benzene rings is 1. The average Bonchev–Trinajstić information content (AvgIpc) is 2.92. The standard InChI is InChI=1S/C13H14ClN3O3/c1-19-11-5-10(12(20-2)4-9(11)14)17-13(18)3-8-6-15-7-16-8/h4-7H,3H2,1-2H3,(H,15,16)(H,17,18). The third-order valence-electron chi connectivity index (χ3n) is 2.65. The quantitative estimate of drug-likeness (QED) is 0.887. The summed E-state index contributed by atoms with van der Waals surface area (Å²) in [4.78, 5) is 18.7. The summed E-state index contributed by atoms with van der Waals surface area (Å²) < 4.78 is 10.3. The molecule has 0 fully saturated rings. The van der Waals surface area contributed by atoms with Crippen LogP contribution >= 0.6 is 11.6 Å². The van der Waals surface area contributed by atoms with E-state index in [1.807, 2.05) is 0 Å². The number of nitrogens with one attached hydrogen (secondary N) is 2. The number of methoxy groups -OCH3 is 2. The Bertz CT molecular complexity index is 599. The number of rotatable bonds is 5. The summed E-state index contributed by atoms with van der Waals surface area (Å²) in [5.41, 5.74) is 1.22. The summed E-state index contributed by atoms with van der Waals surface area (Å²) in [6, 6.07) is 3.21. The molecule has 2 N–H and O–H groups in total. The van der Waals surface area contributed by atoms with Crippen molar-refractivity contribution in [2.75, 3.05) is 19.5 Å². The molecule has 1 aromatic carbocycles. The second-order valence-electron chi connectivity index (χ2n) is 3.99. The zero-order valence-corrected chi connectivity index (χ0v) is 11.8. The molecule has 0 bridgehead atoms. The number of amides is 1. The lowest BCUT2D eigenvalue weighted by atomic mass is 10.2. The van der Waals surface area contributed by atoms with Gasteiger partial charge in [-0.1, -0.05) is 11.6 Å². The lowest BCUT2D eigenvalue weighted by Gasteiger charge is -2.12. The molecule has 0 aliphatic rings. The largest absolute Gasteiger partial charge is 0.495 e. The Morgan fingerprint density at radius 3 is 2.70 bits per heavy atom. The van der Waals surface area contributed by atoms with E-state index >= 15 is 0 Å². The van der Waals surface area contributed by atoms with E-state index in [-0.39, 0.29) is 12.3 Å². The maximum Gasteiger partial charge on any atom is 0.230 e. The van der Waals surface area contributed by atoms with Crippen molar-refractivity contribution >= 4 is 23.2 Å². The number of aromatic nitrogens is 2. The third-order valence-corrected chi connectivity index (χ3v) is 2.95. The summed E-state index contributed by atoms with van der Waals surface area (Å²) in [7, 11) is 3.01. The lowest BCUT2D eigenvalue weighted by Crippen LogP contribution is -2.15. The van der Waals surface area contributed by atoms with Crippen LogP contribution in [0.1, 0.15) is 5.69 Å². The molecule has 6 nitrogen and oxygen atoms in total. The van der Waals surface area contributed by atoms with Crippen LogP contribution in [0.5, 0.6) is 11.5 Å². The minimum atomic E-state index is -0.197. The Morgan fingerprint density at radius 1 is 1.35 bits per heavy atom. The molecule has 106 valence electrons. The highest BCUT2D eigenvalue weighted by Crippen LogP contribution is 2.35. The Balaban J connectivity index is 2.17. The topological polar surface area (TPSA) is 76.2 Å². The Hall–Kier alpha value is -2.21. The molecule has 7 heteroatoms. The second kappa shape index (κ2) is 6.29. The van der Waals surface area contributed by atoms with Crippen molar-refractivity contribution in [2.45, 2.75) is 6.42 Å². The van der Waals surface area contributed by atoms with E-state index in [4.69, 9.17) is 21.1 Å². The summed E-state index contributed by atoms with van der Waals surface area (Å²) in [5.74, 6) is 0.731. The number of carbonyl (C=O) groups is 1. The molecule has 0 spiro atoms. The number of hydrogen-bond acceptors (Lipinski definition) is 4. The summed E-state index contributed by atoms with van der Waals surface area (Å²) in [6.07, 6.45) is 3.31. The first kappa shape index (κ1) is 14.2. The number of halogens is 1. The summed E-state index contributed by atoms with van der Waals surface area (Å²) in [5, 5.41) is 3.16. The smallest absolute Gasteiger partial charge is 0.230 e. The van der Waals surface area contributed by atoms with Crippen LogP contribution in [0.15, 0.2) is 24.7 Å². The van der Waals surface area contributed by atoms with Gasteiger partial charge in [-0.05, 0) is 0 Å². The zero-order chi connectivity index (χ0) is 14.5. The molecule has 0 aliphatic heterocycles. The molecule has 0 saturated carbocycles. The van der Waals surface area contributed by atoms with Gasteiger partial charge in [-0.2, -0.15) is 0 Å². The lowest BCUT2D eigenvalue weighted by molar-refractivity contribution is -0.115. The minimum absolute atomic E-state index is 0.189. The summed E-state index contributed by atoms with van der Waals surface area (Å²) in [6.45, 7) is 0. The van der Waals surface area contributed by atoms with E-state index in [0.717, 1.165) is 5.69 Å². The molecule has 20 heavy (non-hydrogen) atoms. The normalized spacial score (nSPS) is 10.2. The van der Waals surface area contributed by atoms with Crippen LogP contribution in [-0.4, -0.2) is 30.1 Å². The molecular formula is C13H14ClN3O3. The average molecular weight is 296 g/mol. The second-order valence-corrected chi connectivity index (χ2v) is 4.40. The number of ether oxygens (including phenoxy) is 2. The molecule has 2 rings (SSSR count). The van der Waals surface area contributed by atoms with Gasteiger partial charge in [0.15, 0.2) is 0 Å². The maximum absolute atomic E-state index is 11.9. The van der Waals surface area contributed by atoms with Crippen LogP contribution in [0.4, 0.5) is 5.69 Å². The predicted molar refractivity (Wildman–Crippen MR) is 75.5 cm³/mol. The first-order valence-electron chi connectivity index (χ1n) is 5.82. The van der Waals surface area contributed by atoms with Crippen LogP contribution in [0.25, 0.3) is 0 Å². The molecule has 0 saturated heterocycles. The molecule has 1 aromatic heterocycles. The highest BCUT2D eigenvalue weighted by Gasteiger charge is 2.13. The van der Waals surface area contributed by atoms with E-state index in [1.54, 1.807) is 18.3 Å². The number of anilines is 1. The molecule has 0 atom stereocenters. The van der Waals surface area contributed by atoms with E-state index < -0.39 is 0 Å². The monoisotopic (exact) mass is 295 g/mol. The SMILES string of the molecule is COc1cc(NC(=O)Cc2cnc[nH]2)c(OC)cc1Cl. The van der Waals surface area contributed by atoms with Gasteiger partial charge < -0.3 is 19.8 Å². The fourth-order valence-corrected chi connectivity index (χ4v) is 1.94. The van der Waals surface area contributed by atoms with Crippen LogP contribution in [0.3, 0.4) is 0 Å². The first-order chi connectivity index (χ1) is 9.63. The van der Waals surface area contributed by atoms with Gasteiger partial charge in [0.25, 0.3) is 0 Å². The van der Waals surface area contributed by atoms with Gasteiger partial charge in [0.2, 0.25) is 5.91 Å². The van der Waals surface area contributed by atoms with Crippen molar-refractivity contribution < 1.29 is 14.3 Å². The highest BCUT2D eigenvalue weighted by molar-refractivity contribution is 6.32. The number of hydrogen-bond donors (Lipinski definition) is 2. The molecule has 2 aromatic rings. The number of imidazole rings is 1. The fraction of sp³-hybridized carbons (Fsp3) is 0.231. The first-order valence-corrected chi connectivity index (χ1v) is 6.20. The highest BCUT2D eigenvalue weighted by atomic mass is 35.5. The van der Waals surface area contributed by atoms with Crippen molar-refractivity contribution in [3.05, 3.63) is 35.4 Å². The Labute approximate surface area is 121 Å². The van der Waals surface area contributed by atoms with Crippen LogP contribution in [0, 0.1) is 0 Å². The zero-order valence-electron chi connectivity index (χ0n) is 11.1. The number of aromatic amines is 1. The molecule has 1 amide bonds. The molecule has 0 radical (unpaired) electrons. The van der Waals surface area contributed by atoms with Gasteiger partial charge in [0.05, 0.1) is 37.7 Å². The van der Waals surface area contributed by atoms with Crippen molar-refractivity contribution in [1.82, 2.24) is 9.97 Å². The number of H-pyrrole nitrogens is 1. The molecule has 0 aliphatic carbocycles. The summed E-state index contributed by atoms with van der Waals surface area (Å²) >= 11 is 6.00. The Kier molecular flexibility index (Phi) is 4.47.